The lowest BCUT2D eigenvalue weighted by Crippen LogP contribution is -2.36. The Morgan fingerprint density at radius 1 is 1.36 bits per heavy atom. The third kappa shape index (κ3) is 2.82. The second-order valence-corrected chi connectivity index (χ2v) is 5.89. The molecule has 0 aliphatic carbocycles. The number of amides is 1. The molecule has 2 N–H and O–H groups in total. The predicted molar refractivity (Wildman–Crippen MR) is 88.8 cm³/mol. The molecule has 3 rings (SSSR count). The van der Waals surface area contributed by atoms with Gasteiger partial charge in [0, 0.05) is 36.7 Å². The summed E-state index contributed by atoms with van der Waals surface area (Å²) in [7, 11) is 0. The van der Waals surface area contributed by atoms with Crippen LogP contribution in [0.3, 0.4) is 0 Å². The molecule has 0 saturated heterocycles. The Balaban J connectivity index is 1.78. The Kier molecular flexibility index (Phi) is 4.09. The molecule has 0 bridgehead atoms. The number of fused-ring (bicyclic) bond motifs is 1. The van der Waals surface area contributed by atoms with E-state index in [9.17, 15) is 4.79 Å². The van der Waals surface area contributed by atoms with Gasteiger partial charge < -0.3 is 10.6 Å². The normalized spacial score (nSPS) is 15.2. The highest BCUT2D eigenvalue weighted by Gasteiger charge is 2.25. The summed E-state index contributed by atoms with van der Waals surface area (Å²) < 4.78 is 0. The van der Waals surface area contributed by atoms with Crippen LogP contribution in [0.5, 0.6) is 0 Å². The first-order chi connectivity index (χ1) is 10.7. The summed E-state index contributed by atoms with van der Waals surface area (Å²) in [5, 5.41) is 0. The third-order valence-electron chi connectivity index (χ3n) is 4.32. The fourth-order valence-electron chi connectivity index (χ4n) is 3.07. The second-order valence-electron chi connectivity index (χ2n) is 5.89. The molecule has 1 aromatic heterocycles. The number of aromatic nitrogens is 1. The van der Waals surface area contributed by atoms with Gasteiger partial charge >= 0.3 is 0 Å². The van der Waals surface area contributed by atoms with Crippen molar-refractivity contribution >= 4 is 17.3 Å². The average molecular weight is 295 g/mol. The number of carbonyl (C=O) groups is 1. The molecule has 1 aromatic carbocycles. The van der Waals surface area contributed by atoms with Crippen molar-refractivity contribution in [2.24, 2.45) is 0 Å². The van der Waals surface area contributed by atoms with Crippen LogP contribution >= 0.6 is 0 Å². The van der Waals surface area contributed by atoms with E-state index in [0.29, 0.717) is 6.42 Å². The minimum absolute atomic E-state index is 0.155. The van der Waals surface area contributed by atoms with E-state index in [1.165, 1.54) is 0 Å². The van der Waals surface area contributed by atoms with E-state index in [1.54, 1.807) is 6.20 Å². The summed E-state index contributed by atoms with van der Waals surface area (Å²) >= 11 is 0. The van der Waals surface area contributed by atoms with Crippen molar-refractivity contribution in [2.45, 2.75) is 32.1 Å². The van der Waals surface area contributed by atoms with Crippen LogP contribution in [0.2, 0.25) is 0 Å². The van der Waals surface area contributed by atoms with Crippen LogP contribution < -0.4 is 10.6 Å². The van der Waals surface area contributed by atoms with Crippen LogP contribution in [0.1, 0.15) is 36.8 Å². The van der Waals surface area contributed by atoms with E-state index in [1.807, 2.05) is 41.4 Å². The number of nitrogens with zero attached hydrogens (tertiary/aromatic N) is 2. The fraction of sp³-hybridized carbons (Fsp3) is 0.333. The minimum Gasteiger partial charge on any atom is -0.398 e. The monoisotopic (exact) mass is 295 g/mol. The van der Waals surface area contributed by atoms with Crippen LogP contribution in [0, 0.1) is 0 Å². The number of nitrogens with two attached hydrogens (primary N) is 1. The zero-order chi connectivity index (χ0) is 15.5. The highest BCUT2D eigenvalue weighted by molar-refractivity contribution is 5.95. The molecule has 114 valence electrons. The molecular formula is C18H21N3O. The Bertz CT molecular complexity index is 669. The highest BCUT2D eigenvalue weighted by Crippen LogP contribution is 2.32. The Morgan fingerprint density at radius 3 is 3.00 bits per heavy atom. The van der Waals surface area contributed by atoms with Gasteiger partial charge in [-0.05, 0) is 48.1 Å². The SMILES string of the molecule is CC(CC(=O)N1CCCc2c(N)cccc21)c1cccnc1. The highest BCUT2D eigenvalue weighted by atomic mass is 16.2. The molecule has 2 heterocycles. The van der Waals surface area contributed by atoms with Gasteiger partial charge in [-0.1, -0.05) is 19.1 Å². The molecule has 4 nitrogen and oxygen atoms in total. The summed E-state index contributed by atoms with van der Waals surface area (Å²) in [5.74, 6) is 0.315. The fourth-order valence-corrected chi connectivity index (χ4v) is 3.07. The maximum absolute atomic E-state index is 12.7. The molecule has 22 heavy (non-hydrogen) atoms. The van der Waals surface area contributed by atoms with Crippen molar-refractivity contribution < 1.29 is 4.79 Å². The van der Waals surface area contributed by atoms with Crippen LogP contribution in [0.4, 0.5) is 11.4 Å². The van der Waals surface area contributed by atoms with Gasteiger partial charge in [0.25, 0.3) is 0 Å². The molecule has 1 aliphatic heterocycles. The van der Waals surface area contributed by atoms with E-state index in [4.69, 9.17) is 5.73 Å². The van der Waals surface area contributed by atoms with Crippen molar-refractivity contribution in [2.75, 3.05) is 17.2 Å². The molecule has 0 fully saturated rings. The summed E-state index contributed by atoms with van der Waals surface area (Å²) in [5.41, 5.74) is 10.0. The largest absolute Gasteiger partial charge is 0.398 e. The summed E-state index contributed by atoms with van der Waals surface area (Å²) in [6.07, 6.45) is 5.99. The number of hydrogen-bond donors (Lipinski definition) is 1. The van der Waals surface area contributed by atoms with E-state index in [-0.39, 0.29) is 11.8 Å². The molecule has 0 radical (unpaired) electrons. The van der Waals surface area contributed by atoms with Crippen molar-refractivity contribution in [1.82, 2.24) is 4.98 Å². The number of hydrogen-bond acceptors (Lipinski definition) is 3. The molecule has 1 aliphatic rings. The zero-order valence-corrected chi connectivity index (χ0v) is 12.8. The average Bonchev–Trinajstić information content (AvgIpc) is 2.55. The summed E-state index contributed by atoms with van der Waals surface area (Å²) in [4.78, 5) is 18.7. The predicted octanol–water partition coefficient (Wildman–Crippen LogP) is 3.14. The molecule has 1 unspecified atom stereocenters. The number of pyridine rings is 1. The van der Waals surface area contributed by atoms with Crippen LogP contribution in [-0.2, 0) is 11.2 Å². The van der Waals surface area contributed by atoms with E-state index in [2.05, 4.69) is 11.9 Å². The molecule has 0 saturated carbocycles. The number of carbonyl (C=O) groups excluding carboxylic acids is 1. The maximum atomic E-state index is 12.7. The summed E-state index contributed by atoms with van der Waals surface area (Å²) in [6, 6.07) is 9.76. The Morgan fingerprint density at radius 2 is 2.23 bits per heavy atom. The van der Waals surface area contributed by atoms with Crippen LogP contribution in [0.15, 0.2) is 42.7 Å². The lowest BCUT2D eigenvalue weighted by Gasteiger charge is -2.31. The number of rotatable bonds is 3. The smallest absolute Gasteiger partial charge is 0.227 e. The lowest BCUT2D eigenvalue weighted by molar-refractivity contribution is -0.119. The van der Waals surface area contributed by atoms with Gasteiger partial charge in [0.15, 0.2) is 0 Å². The van der Waals surface area contributed by atoms with Gasteiger partial charge in [0.05, 0.1) is 0 Å². The van der Waals surface area contributed by atoms with Crippen molar-refractivity contribution in [3.05, 3.63) is 53.9 Å². The standard InChI is InChI=1S/C18H21N3O/c1-13(14-5-3-9-20-12-14)11-18(22)21-10-4-6-15-16(19)7-2-8-17(15)21/h2-3,5,7-9,12-13H,4,6,10-11,19H2,1H3. The molecule has 1 amide bonds. The van der Waals surface area contributed by atoms with Crippen molar-refractivity contribution in [3.8, 4) is 0 Å². The van der Waals surface area contributed by atoms with Crippen molar-refractivity contribution in [3.63, 3.8) is 0 Å². The zero-order valence-electron chi connectivity index (χ0n) is 12.8. The van der Waals surface area contributed by atoms with Gasteiger partial charge in [-0.25, -0.2) is 0 Å². The first kappa shape index (κ1) is 14.6. The van der Waals surface area contributed by atoms with Gasteiger partial charge in [0.1, 0.15) is 0 Å². The first-order valence-electron chi connectivity index (χ1n) is 7.74. The third-order valence-corrected chi connectivity index (χ3v) is 4.32. The molecule has 4 heteroatoms. The molecule has 2 aromatic rings. The van der Waals surface area contributed by atoms with E-state index < -0.39 is 0 Å². The molecule has 0 spiro atoms. The molecular weight excluding hydrogens is 274 g/mol. The second kappa shape index (κ2) is 6.18. The quantitative estimate of drug-likeness (QED) is 0.885. The number of anilines is 2. The Hall–Kier alpha value is -2.36. The van der Waals surface area contributed by atoms with Gasteiger partial charge in [0.2, 0.25) is 5.91 Å². The van der Waals surface area contributed by atoms with Crippen LogP contribution in [-0.4, -0.2) is 17.4 Å². The van der Waals surface area contributed by atoms with E-state index in [0.717, 1.165) is 41.9 Å². The van der Waals surface area contributed by atoms with Gasteiger partial charge in [-0.3, -0.25) is 9.78 Å². The van der Waals surface area contributed by atoms with Crippen LogP contribution in [0.25, 0.3) is 0 Å². The van der Waals surface area contributed by atoms with Gasteiger partial charge in [-0.15, -0.1) is 0 Å². The number of benzene rings is 1. The maximum Gasteiger partial charge on any atom is 0.227 e. The topological polar surface area (TPSA) is 59.2 Å². The first-order valence-corrected chi connectivity index (χ1v) is 7.74. The summed E-state index contributed by atoms with van der Waals surface area (Å²) in [6.45, 7) is 2.84. The van der Waals surface area contributed by atoms with Crippen molar-refractivity contribution in [1.29, 1.82) is 0 Å². The Labute approximate surface area is 131 Å². The minimum atomic E-state index is 0.155. The number of nitrogen functional groups attached to an aromatic ring is 1. The molecule has 1 atom stereocenters. The van der Waals surface area contributed by atoms with E-state index >= 15 is 0 Å². The lowest BCUT2D eigenvalue weighted by atomic mass is 9.96. The van der Waals surface area contributed by atoms with Gasteiger partial charge in [-0.2, -0.15) is 0 Å².